The number of rotatable bonds is 4. The fourth-order valence-corrected chi connectivity index (χ4v) is 2.58. The minimum atomic E-state index is -1.94. The third kappa shape index (κ3) is 3.49. The van der Waals surface area contributed by atoms with Gasteiger partial charge in [0.2, 0.25) is 5.95 Å². The van der Waals surface area contributed by atoms with E-state index in [1.54, 1.807) is 25.1 Å². The molecule has 148 valence electrons. The number of hydrogen-bond acceptors (Lipinski definition) is 6. The van der Waals surface area contributed by atoms with E-state index in [9.17, 15) is 22.4 Å². The molecular weight excluding hydrogens is 394 g/mol. The maximum absolute atomic E-state index is 13.9. The molecule has 29 heavy (non-hydrogen) atoms. The van der Waals surface area contributed by atoms with E-state index < -0.39 is 34.7 Å². The summed E-state index contributed by atoms with van der Waals surface area (Å²) in [5.41, 5.74) is 1.33. The van der Waals surface area contributed by atoms with E-state index in [0.717, 1.165) is 0 Å². The van der Waals surface area contributed by atoms with Crippen LogP contribution in [0.2, 0.25) is 0 Å². The number of nitrogens with one attached hydrogen (secondary N) is 3. The Kier molecular flexibility index (Phi) is 4.41. The zero-order valence-electron chi connectivity index (χ0n) is 14.6. The number of aromatic amines is 1. The molecule has 4 aromatic rings. The first kappa shape index (κ1) is 18.5. The molecule has 4 rings (SSSR count). The van der Waals surface area contributed by atoms with Gasteiger partial charge < -0.3 is 15.1 Å². The van der Waals surface area contributed by atoms with Crippen molar-refractivity contribution in [3.8, 4) is 0 Å². The number of fused-ring (bicyclic) bond motifs is 1. The molecule has 0 bridgehead atoms. The third-order valence-corrected chi connectivity index (χ3v) is 4.00. The number of H-pyrrole nitrogens is 1. The summed E-state index contributed by atoms with van der Waals surface area (Å²) in [7, 11) is 0. The Morgan fingerprint density at radius 3 is 2.62 bits per heavy atom. The molecular formula is C18H11F4N5O2. The molecule has 7 nitrogen and oxygen atoms in total. The Labute approximate surface area is 159 Å². The average Bonchev–Trinajstić information content (AvgIpc) is 3.06. The second-order valence-electron chi connectivity index (χ2n) is 6.05. The lowest BCUT2D eigenvalue weighted by molar-refractivity contribution is 0.411. The number of halogens is 4. The molecule has 0 atom stereocenters. The smallest absolute Gasteiger partial charge is 0.408 e. The number of aromatic nitrogens is 3. The van der Waals surface area contributed by atoms with Crippen molar-refractivity contribution in [2.24, 2.45) is 0 Å². The van der Waals surface area contributed by atoms with E-state index in [2.05, 4.69) is 25.6 Å². The summed E-state index contributed by atoms with van der Waals surface area (Å²) >= 11 is 0. The van der Waals surface area contributed by atoms with Gasteiger partial charge >= 0.3 is 5.76 Å². The van der Waals surface area contributed by atoms with Crippen molar-refractivity contribution in [1.29, 1.82) is 0 Å². The second-order valence-corrected chi connectivity index (χ2v) is 6.05. The average molecular weight is 405 g/mol. The molecule has 0 spiro atoms. The Morgan fingerprint density at radius 1 is 1.03 bits per heavy atom. The van der Waals surface area contributed by atoms with Crippen LogP contribution in [0.15, 0.2) is 39.7 Å². The van der Waals surface area contributed by atoms with Gasteiger partial charge in [0.15, 0.2) is 28.9 Å². The minimum Gasteiger partial charge on any atom is -0.408 e. The first-order chi connectivity index (χ1) is 13.8. The molecule has 0 aliphatic rings. The molecule has 2 aromatic heterocycles. The molecule has 2 aromatic carbocycles. The van der Waals surface area contributed by atoms with Crippen LogP contribution in [-0.4, -0.2) is 15.0 Å². The SMILES string of the molecule is Cc1cnc(Nc2cc(F)c(F)c(F)c2F)nc1Nc1ccc2oc(=O)[nH]c2c1. The Bertz CT molecular complexity index is 1300. The van der Waals surface area contributed by atoms with Crippen LogP contribution < -0.4 is 16.4 Å². The topological polar surface area (TPSA) is 95.8 Å². The monoisotopic (exact) mass is 405 g/mol. The van der Waals surface area contributed by atoms with Gasteiger partial charge in [-0.15, -0.1) is 0 Å². The van der Waals surface area contributed by atoms with Crippen molar-refractivity contribution in [3.05, 3.63) is 69.8 Å². The van der Waals surface area contributed by atoms with Crippen LogP contribution in [-0.2, 0) is 0 Å². The predicted molar refractivity (Wildman–Crippen MR) is 96.4 cm³/mol. The quantitative estimate of drug-likeness (QED) is 0.267. The van der Waals surface area contributed by atoms with Crippen molar-refractivity contribution >= 4 is 34.2 Å². The molecule has 11 heteroatoms. The highest BCUT2D eigenvalue weighted by atomic mass is 19.2. The number of benzene rings is 2. The van der Waals surface area contributed by atoms with Gasteiger partial charge in [-0.05, 0) is 25.1 Å². The number of aryl methyl sites for hydroxylation is 1. The van der Waals surface area contributed by atoms with Crippen molar-refractivity contribution < 1.29 is 22.0 Å². The largest absolute Gasteiger partial charge is 0.417 e. The summed E-state index contributed by atoms with van der Waals surface area (Å²) in [5, 5.41) is 5.31. The van der Waals surface area contributed by atoms with E-state index in [4.69, 9.17) is 4.42 Å². The molecule has 0 saturated heterocycles. The van der Waals surface area contributed by atoms with E-state index in [0.29, 0.717) is 34.2 Å². The van der Waals surface area contributed by atoms with Crippen LogP contribution in [0.1, 0.15) is 5.56 Å². The summed E-state index contributed by atoms with van der Waals surface area (Å²) in [6.45, 7) is 1.70. The van der Waals surface area contributed by atoms with Gasteiger partial charge in [-0.1, -0.05) is 0 Å². The minimum absolute atomic E-state index is 0.180. The zero-order chi connectivity index (χ0) is 20.7. The highest BCUT2D eigenvalue weighted by molar-refractivity contribution is 5.78. The Morgan fingerprint density at radius 2 is 1.83 bits per heavy atom. The second kappa shape index (κ2) is 6.93. The van der Waals surface area contributed by atoms with Crippen LogP contribution in [0.25, 0.3) is 11.1 Å². The first-order valence-electron chi connectivity index (χ1n) is 8.15. The Hall–Kier alpha value is -3.89. The molecule has 0 aliphatic carbocycles. The number of hydrogen-bond donors (Lipinski definition) is 3. The fraction of sp³-hybridized carbons (Fsp3) is 0.0556. The summed E-state index contributed by atoms with van der Waals surface area (Å²) in [6, 6.07) is 5.29. The molecule has 0 aliphatic heterocycles. The lowest BCUT2D eigenvalue weighted by Crippen LogP contribution is -2.06. The molecule has 0 saturated carbocycles. The molecule has 3 N–H and O–H groups in total. The van der Waals surface area contributed by atoms with Crippen LogP contribution in [0.4, 0.5) is 40.7 Å². The third-order valence-electron chi connectivity index (χ3n) is 4.00. The van der Waals surface area contributed by atoms with Gasteiger partial charge in [-0.25, -0.2) is 27.3 Å². The maximum Gasteiger partial charge on any atom is 0.417 e. The Balaban J connectivity index is 1.64. The van der Waals surface area contributed by atoms with Crippen molar-refractivity contribution in [3.63, 3.8) is 0 Å². The lowest BCUT2D eigenvalue weighted by atomic mass is 10.2. The van der Waals surface area contributed by atoms with Gasteiger partial charge in [0.25, 0.3) is 0 Å². The van der Waals surface area contributed by atoms with Gasteiger partial charge in [0.1, 0.15) is 5.82 Å². The van der Waals surface area contributed by atoms with Crippen molar-refractivity contribution in [2.75, 3.05) is 10.6 Å². The van der Waals surface area contributed by atoms with E-state index in [1.807, 2.05) is 0 Å². The number of oxazole rings is 1. The van der Waals surface area contributed by atoms with Gasteiger partial charge in [0, 0.05) is 23.5 Å². The highest BCUT2D eigenvalue weighted by Gasteiger charge is 2.19. The lowest BCUT2D eigenvalue weighted by Gasteiger charge is -2.12. The first-order valence-corrected chi connectivity index (χ1v) is 8.15. The van der Waals surface area contributed by atoms with E-state index in [-0.39, 0.29) is 5.95 Å². The van der Waals surface area contributed by atoms with E-state index in [1.165, 1.54) is 6.20 Å². The van der Waals surface area contributed by atoms with Gasteiger partial charge in [-0.3, -0.25) is 4.98 Å². The number of anilines is 4. The van der Waals surface area contributed by atoms with Crippen molar-refractivity contribution in [1.82, 2.24) is 15.0 Å². The molecule has 2 heterocycles. The predicted octanol–water partition coefficient (Wildman–Crippen LogP) is 4.26. The van der Waals surface area contributed by atoms with Crippen LogP contribution in [0.3, 0.4) is 0 Å². The standard InChI is InChI=1S/C18H11F4N5O2/c1-7-6-23-17(25-11-5-9(19)13(20)15(22)14(11)21)27-16(7)24-8-2-3-12-10(4-8)26-18(28)29-12/h2-6H,1H3,(H,26,28)(H2,23,24,25,27). The molecule has 0 radical (unpaired) electrons. The highest BCUT2D eigenvalue weighted by Crippen LogP contribution is 2.26. The molecule has 0 unspecified atom stereocenters. The maximum atomic E-state index is 13.9. The fourth-order valence-electron chi connectivity index (χ4n) is 2.58. The van der Waals surface area contributed by atoms with Crippen LogP contribution >= 0.6 is 0 Å². The van der Waals surface area contributed by atoms with Crippen LogP contribution in [0, 0.1) is 30.2 Å². The van der Waals surface area contributed by atoms with Gasteiger partial charge in [0.05, 0.1) is 11.2 Å². The molecule has 0 amide bonds. The number of nitrogens with zero attached hydrogens (tertiary/aromatic N) is 2. The summed E-state index contributed by atoms with van der Waals surface area (Å²) in [4.78, 5) is 21.8. The summed E-state index contributed by atoms with van der Waals surface area (Å²) in [6.07, 6.45) is 1.39. The zero-order valence-corrected chi connectivity index (χ0v) is 14.6. The molecule has 0 fully saturated rings. The van der Waals surface area contributed by atoms with Crippen LogP contribution in [0.5, 0.6) is 0 Å². The summed E-state index contributed by atoms with van der Waals surface area (Å²) in [5.74, 6) is -7.48. The normalized spacial score (nSPS) is 11.1. The van der Waals surface area contributed by atoms with E-state index >= 15 is 0 Å². The summed E-state index contributed by atoms with van der Waals surface area (Å²) < 4.78 is 58.6. The van der Waals surface area contributed by atoms with Gasteiger partial charge in [-0.2, -0.15) is 4.98 Å². The van der Waals surface area contributed by atoms with Crippen molar-refractivity contribution in [2.45, 2.75) is 6.92 Å².